The van der Waals surface area contributed by atoms with Gasteiger partial charge in [0.1, 0.15) is 0 Å². The number of hydrogen-bond donors (Lipinski definition) is 1. The van der Waals surface area contributed by atoms with Crippen molar-refractivity contribution in [2.45, 2.75) is 51.0 Å². The fraction of sp³-hybridized carbons (Fsp3) is 1.00. The lowest BCUT2D eigenvalue weighted by molar-refractivity contribution is -0.119. The van der Waals surface area contributed by atoms with Crippen LogP contribution in [0.3, 0.4) is 0 Å². The number of hydrogen-bond acceptors (Lipinski definition) is 4. The number of piperidine rings is 1. The van der Waals surface area contributed by atoms with E-state index in [1.807, 2.05) is 0 Å². The Balaban J connectivity index is 1.86. The van der Waals surface area contributed by atoms with Gasteiger partial charge in [-0.2, -0.15) is 0 Å². The molecule has 94 valence electrons. The molecule has 0 radical (unpaired) electrons. The van der Waals surface area contributed by atoms with Gasteiger partial charge in [0.25, 0.3) is 0 Å². The lowest BCUT2D eigenvalue weighted by Gasteiger charge is -2.37. The molecule has 0 aromatic rings. The van der Waals surface area contributed by atoms with Crippen molar-refractivity contribution >= 4 is 0 Å². The fourth-order valence-electron chi connectivity index (χ4n) is 2.73. The van der Waals surface area contributed by atoms with Gasteiger partial charge < -0.3 is 15.2 Å². The van der Waals surface area contributed by atoms with Crippen LogP contribution in [0.1, 0.15) is 32.6 Å². The highest BCUT2D eigenvalue weighted by molar-refractivity contribution is 4.82. The van der Waals surface area contributed by atoms with E-state index in [0.717, 1.165) is 19.6 Å². The summed E-state index contributed by atoms with van der Waals surface area (Å²) in [6.45, 7) is 5.89. The van der Waals surface area contributed by atoms with Gasteiger partial charge in [0.05, 0.1) is 18.8 Å². The SMILES string of the molecule is CCN1CCCCC1C1OCC(CCN)O1. The smallest absolute Gasteiger partial charge is 0.173 e. The third kappa shape index (κ3) is 2.74. The molecule has 2 saturated heterocycles. The van der Waals surface area contributed by atoms with E-state index >= 15 is 0 Å². The Labute approximate surface area is 98.1 Å². The number of nitrogens with zero attached hydrogens (tertiary/aromatic N) is 1. The minimum atomic E-state index is -0.0169. The van der Waals surface area contributed by atoms with Gasteiger partial charge >= 0.3 is 0 Å². The summed E-state index contributed by atoms with van der Waals surface area (Å²) in [5, 5.41) is 0. The molecule has 0 amide bonds. The predicted octanol–water partition coefficient (Wildman–Crippen LogP) is 0.951. The van der Waals surface area contributed by atoms with E-state index in [0.29, 0.717) is 12.6 Å². The van der Waals surface area contributed by atoms with Gasteiger partial charge in [-0.05, 0) is 38.9 Å². The van der Waals surface area contributed by atoms with E-state index in [-0.39, 0.29) is 12.4 Å². The summed E-state index contributed by atoms with van der Waals surface area (Å²) in [7, 11) is 0. The Kier molecular flexibility index (Phi) is 4.58. The largest absolute Gasteiger partial charge is 0.348 e. The van der Waals surface area contributed by atoms with Crippen molar-refractivity contribution in [3.63, 3.8) is 0 Å². The second kappa shape index (κ2) is 5.96. The Hall–Kier alpha value is -0.160. The van der Waals surface area contributed by atoms with Gasteiger partial charge in [-0.3, -0.25) is 4.90 Å². The summed E-state index contributed by atoms with van der Waals surface area (Å²) >= 11 is 0. The monoisotopic (exact) mass is 228 g/mol. The molecule has 0 aromatic carbocycles. The molecular formula is C12H24N2O2. The van der Waals surface area contributed by atoms with Crippen molar-refractivity contribution in [1.29, 1.82) is 0 Å². The first kappa shape index (κ1) is 12.3. The van der Waals surface area contributed by atoms with Crippen LogP contribution < -0.4 is 5.73 Å². The standard InChI is InChI=1S/C12H24N2O2/c1-2-14-8-4-3-5-11(14)12-15-9-10(16-12)6-7-13/h10-12H,2-9,13H2,1H3. The summed E-state index contributed by atoms with van der Waals surface area (Å²) in [6, 6.07) is 0.460. The van der Waals surface area contributed by atoms with Gasteiger partial charge in [-0.25, -0.2) is 0 Å². The molecule has 0 bridgehead atoms. The molecule has 3 unspecified atom stereocenters. The van der Waals surface area contributed by atoms with Crippen LogP contribution in [0.4, 0.5) is 0 Å². The first-order valence-corrected chi connectivity index (χ1v) is 6.56. The zero-order valence-electron chi connectivity index (χ0n) is 10.2. The number of ether oxygens (including phenoxy) is 2. The second-order valence-corrected chi connectivity index (χ2v) is 4.73. The Morgan fingerprint density at radius 3 is 3.00 bits per heavy atom. The van der Waals surface area contributed by atoms with Crippen LogP contribution in [0.25, 0.3) is 0 Å². The molecule has 0 aliphatic carbocycles. The first-order chi connectivity index (χ1) is 7.85. The van der Waals surface area contributed by atoms with Crippen molar-refractivity contribution in [3.8, 4) is 0 Å². The van der Waals surface area contributed by atoms with Crippen LogP contribution in [-0.4, -0.2) is 49.6 Å². The average Bonchev–Trinajstić information content (AvgIpc) is 2.78. The molecule has 0 spiro atoms. The maximum atomic E-state index is 5.93. The van der Waals surface area contributed by atoms with Crippen molar-refractivity contribution in [1.82, 2.24) is 4.90 Å². The molecular weight excluding hydrogens is 204 g/mol. The third-order valence-electron chi connectivity index (χ3n) is 3.65. The fourth-order valence-corrected chi connectivity index (χ4v) is 2.73. The summed E-state index contributed by atoms with van der Waals surface area (Å²) < 4.78 is 11.7. The molecule has 0 saturated carbocycles. The predicted molar refractivity (Wildman–Crippen MR) is 63.2 cm³/mol. The van der Waals surface area contributed by atoms with E-state index in [2.05, 4.69) is 11.8 Å². The van der Waals surface area contributed by atoms with E-state index < -0.39 is 0 Å². The zero-order chi connectivity index (χ0) is 11.4. The van der Waals surface area contributed by atoms with Gasteiger partial charge in [-0.1, -0.05) is 13.3 Å². The van der Waals surface area contributed by atoms with Crippen LogP contribution >= 0.6 is 0 Å². The van der Waals surface area contributed by atoms with Gasteiger partial charge in [-0.15, -0.1) is 0 Å². The lowest BCUT2D eigenvalue weighted by Crippen LogP contribution is -2.47. The Morgan fingerprint density at radius 2 is 2.25 bits per heavy atom. The average molecular weight is 228 g/mol. The molecule has 2 aliphatic rings. The van der Waals surface area contributed by atoms with E-state index in [4.69, 9.17) is 15.2 Å². The molecule has 2 aliphatic heterocycles. The highest BCUT2D eigenvalue weighted by Gasteiger charge is 2.36. The molecule has 0 aromatic heterocycles. The Morgan fingerprint density at radius 1 is 1.38 bits per heavy atom. The van der Waals surface area contributed by atoms with Crippen molar-refractivity contribution in [2.24, 2.45) is 5.73 Å². The summed E-state index contributed by atoms with van der Waals surface area (Å²) in [4.78, 5) is 2.49. The van der Waals surface area contributed by atoms with E-state index in [9.17, 15) is 0 Å². The van der Waals surface area contributed by atoms with Crippen LogP contribution in [-0.2, 0) is 9.47 Å². The normalized spacial score (nSPS) is 36.8. The van der Waals surface area contributed by atoms with Gasteiger partial charge in [0, 0.05) is 0 Å². The number of rotatable bonds is 4. The van der Waals surface area contributed by atoms with Crippen LogP contribution in [0.5, 0.6) is 0 Å². The van der Waals surface area contributed by atoms with Gasteiger partial charge in [0.2, 0.25) is 0 Å². The van der Waals surface area contributed by atoms with Crippen molar-refractivity contribution < 1.29 is 9.47 Å². The summed E-state index contributed by atoms with van der Waals surface area (Å²) in [5.41, 5.74) is 5.54. The second-order valence-electron chi connectivity index (χ2n) is 4.73. The number of likely N-dealkylation sites (tertiary alicyclic amines) is 1. The van der Waals surface area contributed by atoms with Crippen LogP contribution in [0.15, 0.2) is 0 Å². The Bertz CT molecular complexity index is 213. The van der Waals surface area contributed by atoms with Crippen LogP contribution in [0.2, 0.25) is 0 Å². The van der Waals surface area contributed by atoms with Crippen molar-refractivity contribution in [3.05, 3.63) is 0 Å². The molecule has 3 atom stereocenters. The summed E-state index contributed by atoms with van der Waals surface area (Å²) in [6.07, 6.45) is 4.92. The minimum Gasteiger partial charge on any atom is -0.348 e. The molecule has 2 fully saturated rings. The molecule has 2 rings (SSSR count). The maximum Gasteiger partial charge on any atom is 0.173 e. The molecule has 4 heteroatoms. The quantitative estimate of drug-likeness (QED) is 0.778. The topological polar surface area (TPSA) is 47.7 Å². The molecule has 2 N–H and O–H groups in total. The highest BCUT2D eigenvalue weighted by Crippen LogP contribution is 2.26. The van der Waals surface area contributed by atoms with Crippen LogP contribution in [0, 0.1) is 0 Å². The number of nitrogens with two attached hydrogens (primary N) is 1. The van der Waals surface area contributed by atoms with Crippen molar-refractivity contribution in [2.75, 3.05) is 26.2 Å². The molecule has 2 heterocycles. The maximum absolute atomic E-state index is 5.93. The zero-order valence-corrected chi connectivity index (χ0v) is 10.2. The lowest BCUT2D eigenvalue weighted by atomic mass is 10.0. The first-order valence-electron chi connectivity index (χ1n) is 6.56. The minimum absolute atomic E-state index is 0.0169. The number of likely N-dealkylation sites (N-methyl/N-ethyl adjacent to an activating group) is 1. The molecule has 16 heavy (non-hydrogen) atoms. The molecule has 4 nitrogen and oxygen atoms in total. The van der Waals surface area contributed by atoms with E-state index in [1.165, 1.54) is 25.8 Å². The highest BCUT2D eigenvalue weighted by atomic mass is 16.7. The third-order valence-corrected chi connectivity index (χ3v) is 3.65. The summed E-state index contributed by atoms with van der Waals surface area (Å²) in [5.74, 6) is 0. The van der Waals surface area contributed by atoms with E-state index in [1.54, 1.807) is 0 Å². The van der Waals surface area contributed by atoms with Gasteiger partial charge in [0.15, 0.2) is 6.29 Å².